The maximum Gasteiger partial charge on any atom is 0.276 e. The minimum absolute atomic E-state index is 0.184. The quantitative estimate of drug-likeness (QED) is 0.634. The van der Waals surface area contributed by atoms with E-state index in [4.69, 9.17) is 9.47 Å². The number of hydrogen-bond donors (Lipinski definition) is 1. The van der Waals surface area contributed by atoms with Crippen LogP contribution in [0.15, 0.2) is 52.5 Å². The first-order chi connectivity index (χ1) is 12.0. The lowest BCUT2D eigenvalue weighted by Crippen LogP contribution is -2.20. The number of hydrogen-bond acceptors (Lipinski definition) is 5. The summed E-state index contributed by atoms with van der Waals surface area (Å²) in [6.45, 7) is 4.11. The molecule has 0 aliphatic carbocycles. The van der Waals surface area contributed by atoms with E-state index < -0.39 is 10.0 Å². The Hall–Kier alpha value is -2.54. The Morgan fingerprint density at radius 3 is 2.56 bits per heavy atom. The third-order valence-electron chi connectivity index (χ3n) is 3.82. The van der Waals surface area contributed by atoms with Crippen molar-refractivity contribution in [2.75, 3.05) is 6.79 Å². The fraction of sp³-hybridized carbons (Fsp3) is 0.278. The Bertz CT molecular complexity index is 890. The monoisotopic (exact) mass is 360 g/mol. The number of ether oxygens (including phenoxy) is 2. The largest absolute Gasteiger partial charge is 0.454 e. The number of rotatable bonds is 6. The first-order valence-electron chi connectivity index (χ1n) is 8.04. The van der Waals surface area contributed by atoms with Gasteiger partial charge in [0, 0.05) is 5.56 Å². The van der Waals surface area contributed by atoms with E-state index in [1.165, 1.54) is 0 Å². The van der Waals surface area contributed by atoms with Gasteiger partial charge in [0.05, 0.1) is 10.6 Å². The molecule has 1 N–H and O–H groups in total. The number of hydrazone groups is 1. The van der Waals surface area contributed by atoms with E-state index in [0.29, 0.717) is 23.6 Å². The highest BCUT2D eigenvalue weighted by molar-refractivity contribution is 7.89. The highest BCUT2D eigenvalue weighted by atomic mass is 32.2. The molecule has 0 saturated heterocycles. The van der Waals surface area contributed by atoms with Gasteiger partial charge in [-0.15, -0.1) is 0 Å². The van der Waals surface area contributed by atoms with Crippen LogP contribution in [-0.4, -0.2) is 20.9 Å². The molecular weight excluding hydrogens is 340 g/mol. The van der Waals surface area contributed by atoms with Gasteiger partial charge in [0.25, 0.3) is 10.0 Å². The predicted octanol–water partition coefficient (Wildman–Crippen LogP) is 3.21. The van der Waals surface area contributed by atoms with Gasteiger partial charge in [0.15, 0.2) is 11.5 Å². The molecule has 7 heteroatoms. The lowest BCUT2D eigenvalue weighted by molar-refractivity contribution is 0.174. The Morgan fingerprint density at radius 2 is 1.84 bits per heavy atom. The summed E-state index contributed by atoms with van der Waals surface area (Å²) in [5.41, 5.74) is 2.45. The van der Waals surface area contributed by atoms with E-state index in [2.05, 4.69) is 9.93 Å². The highest BCUT2D eigenvalue weighted by Crippen LogP contribution is 2.33. The first-order valence-corrected chi connectivity index (χ1v) is 9.53. The molecule has 6 nitrogen and oxygen atoms in total. The fourth-order valence-corrected chi connectivity index (χ4v) is 3.29. The Kier molecular flexibility index (Phi) is 4.94. The van der Waals surface area contributed by atoms with Gasteiger partial charge in [-0.1, -0.05) is 31.0 Å². The number of sulfonamides is 1. The van der Waals surface area contributed by atoms with Crippen LogP contribution in [0.5, 0.6) is 11.5 Å². The van der Waals surface area contributed by atoms with Gasteiger partial charge >= 0.3 is 0 Å². The second-order valence-corrected chi connectivity index (χ2v) is 7.45. The molecule has 25 heavy (non-hydrogen) atoms. The van der Waals surface area contributed by atoms with E-state index in [0.717, 1.165) is 17.5 Å². The SMILES string of the molecule is CCC/C(=N/NS(=O)(=O)c1ccc(C)cc1)c1ccc2c(c1)OCO2. The van der Waals surface area contributed by atoms with Crippen LogP contribution in [-0.2, 0) is 10.0 Å². The zero-order chi connectivity index (χ0) is 17.9. The predicted molar refractivity (Wildman–Crippen MR) is 95.5 cm³/mol. The van der Waals surface area contributed by atoms with Crippen molar-refractivity contribution >= 4 is 15.7 Å². The maximum absolute atomic E-state index is 12.4. The topological polar surface area (TPSA) is 77.0 Å². The summed E-state index contributed by atoms with van der Waals surface area (Å²) in [6, 6.07) is 12.1. The Morgan fingerprint density at radius 1 is 1.12 bits per heavy atom. The molecule has 0 fully saturated rings. The van der Waals surface area contributed by atoms with Gasteiger partial charge in [0.2, 0.25) is 6.79 Å². The number of aryl methyl sites for hydroxylation is 1. The van der Waals surface area contributed by atoms with Gasteiger partial charge in [0.1, 0.15) is 0 Å². The fourth-order valence-electron chi connectivity index (χ4n) is 2.46. The summed E-state index contributed by atoms with van der Waals surface area (Å²) in [5.74, 6) is 1.32. The number of nitrogens with one attached hydrogen (secondary N) is 1. The molecule has 0 spiro atoms. The molecule has 2 aromatic carbocycles. The van der Waals surface area contributed by atoms with Crippen LogP contribution in [0.25, 0.3) is 0 Å². The average molecular weight is 360 g/mol. The zero-order valence-electron chi connectivity index (χ0n) is 14.2. The normalized spacial score (nSPS) is 13.8. The minimum atomic E-state index is -3.70. The van der Waals surface area contributed by atoms with Crippen molar-refractivity contribution in [3.8, 4) is 11.5 Å². The molecule has 1 aliphatic heterocycles. The Balaban J connectivity index is 1.86. The van der Waals surface area contributed by atoms with Crippen LogP contribution in [0, 0.1) is 6.92 Å². The van der Waals surface area contributed by atoms with Crippen LogP contribution in [0.1, 0.15) is 30.9 Å². The van der Waals surface area contributed by atoms with Crippen molar-refractivity contribution in [2.45, 2.75) is 31.6 Å². The van der Waals surface area contributed by atoms with Crippen molar-refractivity contribution in [1.29, 1.82) is 0 Å². The molecule has 0 aromatic heterocycles. The van der Waals surface area contributed by atoms with Crippen molar-refractivity contribution in [2.24, 2.45) is 5.10 Å². The van der Waals surface area contributed by atoms with Gasteiger partial charge < -0.3 is 9.47 Å². The van der Waals surface area contributed by atoms with Crippen molar-refractivity contribution in [3.63, 3.8) is 0 Å². The third kappa shape index (κ3) is 3.93. The second kappa shape index (κ2) is 7.14. The van der Waals surface area contributed by atoms with E-state index in [1.807, 2.05) is 26.0 Å². The van der Waals surface area contributed by atoms with Gasteiger partial charge in [-0.3, -0.25) is 0 Å². The molecule has 0 unspecified atom stereocenters. The number of benzene rings is 2. The highest BCUT2D eigenvalue weighted by Gasteiger charge is 2.17. The third-order valence-corrected chi connectivity index (χ3v) is 5.05. The molecule has 3 rings (SSSR count). The summed E-state index contributed by atoms with van der Waals surface area (Å²) in [5, 5.41) is 4.16. The molecule has 0 saturated carbocycles. The van der Waals surface area contributed by atoms with Crippen LogP contribution >= 0.6 is 0 Å². The number of fused-ring (bicyclic) bond motifs is 1. The molecule has 0 radical (unpaired) electrons. The molecular formula is C18H20N2O4S. The summed E-state index contributed by atoms with van der Waals surface area (Å²) in [6.07, 6.45) is 1.47. The van der Waals surface area contributed by atoms with E-state index in [-0.39, 0.29) is 11.7 Å². The maximum atomic E-state index is 12.4. The van der Waals surface area contributed by atoms with Gasteiger partial charge in [-0.05, 0) is 43.7 Å². The van der Waals surface area contributed by atoms with Gasteiger partial charge in [-0.2, -0.15) is 18.4 Å². The lowest BCUT2D eigenvalue weighted by Gasteiger charge is -2.09. The zero-order valence-corrected chi connectivity index (χ0v) is 15.0. The summed E-state index contributed by atoms with van der Waals surface area (Å²) in [4.78, 5) is 2.52. The minimum Gasteiger partial charge on any atom is -0.454 e. The van der Waals surface area contributed by atoms with E-state index in [1.54, 1.807) is 30.3 Å². The smallest absolute Gasteiger partial charge is 0.276 e. The number of nitrogens with zero attached hydrogens (tertiary/aromatic N) is 1. The second-order valence-electron chi connectivity index (χ2n) is 5.78. The van der Waals surface area contributed by atoms with E-state index in [9.17, 15) is 8.42 Å². The first kappa shape index (κ1) is 17.3. The molecule has 1 heterocycles. The lowest BCUT2D eigenvalue weighted by atomic mass is 10.1. The Labute approximate surface area is 147 Å². The van der Waals surface area contributed by atoms with Gasteiger partial charge in [-0.25, -0.2) is 0 Å². The van der Waals surface area contributed by atoms with E-state index >= 15 is 0 Å². The molecule has 1 aliphatic rings. The van der Waals surface area contributed by atoms with Crippen LogP contribution in [0.4, 0.5) is 0 Å². The average Bonchev–Trinajstić information content (AvgIpc) is 3.06. The van der Waals surface area contributed by atoms with Crippen molar-refractivity contribution in [3.05, 3.63) is 53.6 Å². The molecule has 132 valence electrons. The molecule has 0 bridgehead atoms. The van der Waals surface area contributed by atoms with Crippen molar-refractivity contribution < 1.29 is 17.9 Å². The van der Waals surface area contributed by atoms with Crippen LogP contribution in [0.3, 0.4) is 0 Å². The molecule has 2 aromatic rings. The van der Waals surface area contributed by atoms with Crippen molar-refractivity contribution in [1.82, 2.24) is 4.83 Å². The summed E-state index contributed by atoms with van der Waals surface area (Å²) in [7, 11) is -3.70. The summed E-state index contributed by atoms with van der Waals surface area (Å²) >= 11 is 0. The molecule has 0 atom stereocenters. The summed E-state index contributed by atoms with van der Waals surface area (Å²) < 4.78 is 35.5. The standard InChI is InChI=1S/C18H20N2O4S/c1-3-4-16(14-7-10-17-18(11-14)24-12-23-17)19-20-25(21,22)15-8-5-13(2)6-9-15/h5-11,20H,3-4,12H2,1-2H3/b19-16-. The van der Waals surface area contributed by atoms with Crippen LogP contribution in [0.2, 0.25) is 0 Å². The molecule has 0 amide bonds. The van der Waals surface area contributed by atoms with Crippen LogP contribution < -0.4 is 14.3 Å².